The van der Waals surface area contributed by atoms with Crippen molar-refractivity contribution in [2.45, 2.75) is 75.9 Å². The second kappa shape index (κ2) is 13.9. The largest absolute Gasteiger partial charge is 0.490 e. The summed E-state index contributed by atoms with van der Waals surface area (Å²) in [5.41, 5.74) is 3.54. The zero-order chi connectivity index (χ0) is 36.3. The van der Waals surface area contributed by atoms with Gasteiger partial charge in [0.25, 0.3) is 5.91 Å². The van der Waals surface area contributed by atoms with Gasteiger partial charge in [-0.15, -0.1) is 4.36 Å². The van der Waals surface area contributed by atoms with E-state index in [0.29, 0.717) is 43.5 Å². The normalized spacial score (nSPS) is 33.3. The summed E-state index contributed by atoms with van der Waals surface area (Å²) in [5, 5.41) is 0.746. The fourth-order valence-corrected chi connectivity index (χ4v) is 11.9. The van der Waals surface area contributed by atoms with Gasteiger partial charge >= 0.3 is 6.03 Å². The number of urea groups is 1. The minimum atomic E-state index is -3.47. The molecule has 280 valence electrons. The molecule has 10 nitrogen and oxygen atoms in total. The fourth-order valence-electron chi connectivity index (χ4n) is 9.81. The Bertz CT molecular complexity index is 1880. The third-order valence-corrected chi connectivity index (χ3v) is 15.0. The summed E-state index contributed by atoms with van der Waals surface area (Å²) in [6, 6.07) is 11.2. The molecule has 1 saturated heterocycles. The number of allylic oxidation sites excluding steroid dienone is 1. The first-order chi connectivity index (χ1) is 25.0. The van der Waals surface area contributed by atoms with E-state index >= 15 is 0 Å². The maximum Gasteiger partial charge on any atom is 0.329 e. The number of anilines is 1. The molecule has 1 unspecified atom stereocenters. The van der Waals surface area contributed by atoms with Gasteiger partial charge in [-0.2, -0.15) is 0 Å². The summed E-state index contributed by atoms with van der Waals surface area (Å²) in [5.74, 6) is 0.798. The molecule has 6 aliphatic rings. The Morgan fingerprint density at radius 3 is 2.67 bits per heavy atom. The van der Waals surface area contributed by atoms with Crippen molar-refractivity contribution in [3.05, 3.63) is 70.3 Å². The van der Waals surface area contributed by atoms with Crippen molar-refractivity contribution in [2.24, 2.45) is 27.5 Å². The number of likely N-dealkylation sites (tertiary alicyclic amines) is 1. The van der Waals surface area contributed by atoms with Gasteiger partial charge in [0.1, 0.15) is 15.7 Å². The Morgan fingerprint density at radius 1 is 1.10 bits per heavy atom. The van der Waals surface area contributed by atoms with Crippen LogP contribution in [0.3, 0.4) is 0 Å². The lowest BCUT2D eigenvalue weighted by Crippen LogP contribution is -2.67. The van der Waals surface area contributed by atoms with Gasteiger partial charge in [-0.25, -0.2) is 9.00 Å². The van der Waals surface area contributed by atoms with E-state index in [4.69, 9.17) is 25.8 Å². The Balaban J connectivity index is 1.14. The molecule has 3 heterocycles. The number of benzene rings is 2. The van der Waals surface area contributed by atoms with Crippen molar-refractivity contribution in [3.8, 4) is 5.75 Å². The van der Waals surface area contributed by atoms with E-state index < -0.39 is 21.9 Å². The zero-order valence-electron chi connectivity index (χ0n) is 30.5. The molecule has 0 aromatic heterocycles. The summed E-state index contributed by atoms with van der Waals surface area (Å²) in [4.78, 5) is 31.6. The molecular formula is C40H51ClN4O6S. The van der Waals surface area contributed by atoms with Gasteiger partial charge in [0.2, 0.25) is 0 Å². The first kappa shape index (κ1) is 35.9. The van der Waals surface area contributed by atoms with Gasteiger partial charge in [0, 0.05) is 61.8 Å². The summed E-state index contributed by atoms with van der Waals surface area (Å²) < 4.78 is 39.9. The average Bonchev–Trinajstić information content (AvgIpc) is 3.21. The molecule has 6 atom stereocenters. The molecule has 2 bridgehead atoms. The van der Waals surface area contributed by atoms with Crippen LogP contribution in [-0.4, -0.2) is 86.0 Å². The highest BCUT2D eigenvalue weighted by molar-refractivity contribution is 7.92. The lowest BCUT2D eigenvalue weighted by Gasteiger charge is -2.58. The van der Waals surface area contributed by atoms with Crippen LogP contribution in [0, 0.1) is 23.2 Å². The van der Waals surface area contributed by atoms with Crippen LogP contribution in [0.4, 0.5) is 10.5 Å². The highest BCUT2D eigenvalue weighted by atomic mass is 35.5. The molecule has 12 heteroatoms. The maximum atomic E-state index is 14.6. The molecule has 2 aromatic carbocycles. The Labute approximate surface area is 312 Å². The summed E-state index contributed by atoms with van der Waals surface area (Å²) >= 11 is 6.47. The number of carbonyl (C=O) groups excluding carboxylic acids is 2. The third kappa shape index (κ3) is 6.75. The first-order valence-electron chi connectivity index (χ1n) is 18.9. The predicted octanol–water partition coefficient (Wildman–Crippen LogP) is 6.79. The van der Waals surface area contributed by atoms with Crippen molar-refractivity contribution in [1.82, 2.24) is 9.62 Å². The van der Waals surface area contributed by atoms with Gasteiger partial charge in [-0.05, 0) is 111 Å². The number of rotatable bonds is 3. The molecule has 1 N–H and O–H groups in total. The van der Waals surface area contributed by atoms with Crippen LogP contribution >= 0.6 is 11.6 Å². The maximum absolute atomic E-state index is 14.6. The van der Waals surface area contributed by atoms with E-state index in [1.807, 2.05) is 25.1 Å². The topological polar surface area (TPSA) is 110 Å². The number of fused-ring (bicyclic) bond motifs is 4. The van der Waals surface area contributed by atoms with Gasteiger partial charge < -0.3 is 24.0 Å². The molecule has 52 heavy (non-hydrogen) atoms. The first-order valence-corrected chi connectivity index (χ1v) is 20.9. The van der Waals surface area contributed by atoms with Gasteiger partial charge in [-0.3, -0.25) is 9.52 Å². The molecule has 8 rings (SSSR count). The second-order valence-corrected chi connectivity index (χ2v) is 18.9. The van der Waals surface area contributed by atoms with Crippen LogP contribution in [0.5, 0.6) is 5.75 Å². The van der Waals surface area contributed by atoms with E-state index in [1.54, 1.807) is 25.2 Å². The van der Waals surface area contributed by atoms with Crippen molar-refractivity contribution in [2.75, 3.05) is 57.7 Å². The highest BCUT2D eigenvalue weighted by Crippen LogP contribution is 2.50. The molecule has 2 spiro atoms. The number of ether oxygens (including phenoxy) is 3. The van der Waals surface area contributed by atoms with Crippen molar-refractivity contribution in [3.63, 3.8) is 0 Å². The smallest absolute Gasteiger partial charge is 0.329 e. The van der Waals surface area contributed by atoms with Crippen molar-refractivity contribution < 1.29 is 28.0 Å². The SMILES string of the molecule is COC1CC2(C1)CN(C(=O)NS1(=O)=NC(=O)c3ccc4c(c3)N(C[C@@H]3CC[C@H]3[C@@H](OC)/C=C/C[C@H](C)C1)C[C@@]1(CCCc3cc(Cl)ccc31)CO4)C2. The van der Waals surface area contributed by atoms with E-state index in [0.717, 1.165) is 74.5 Å². The van der Waals surface area contributed by atoms with E-state index in [-0.39, 0.29) is 34.7 Å². The van der Waals surface area contributed by atoms with Crippen LogP contribution in [0.25, 0.3) is 0 Å². The minimum Gasteiger partial charge on any atom is -0.490 e. The highest BCUT2D eigenvalue weighted by Gasteiger charge is 2.54. The molecule has 2 aromatic rings. The molecular weight excluding hydrogens is 700 g/mol. The summed E-state index contributed by atoms with van der Waals surface area (Å²) in [7, 11) is 0.0261. The van der Waals surface area contributed by atoms with Crippen molar-refractivity contribution in [1.29, 1.82) is 0 Å². The van der Waals surface area contributed by atoms with E-state index in [9.17, 15) is 13.8 Å². The quantitative estimate of drug-likeness (QED) is 0.344. The Kier molecular flexibility index (Phi) is 9.62. The van der Waals surface area contributed by atoms with Gasteiger partial charge in [0.05, 0.1) is 30.3 Å². The average molecular weight is 751 g/mol. The number of nitrogens with one attached hydrogen (secondary N) is 1. The number of nitrogens with zero attached hydrogens (tertiary/aromatic N) is 3. The number of aryl methyl sites for hydroxylation is 1. The van der Waals surface area contributed by atoms with Crippen LogP contribution < -0.4 is 14.4 Å². The lowest BCUT2D eigenvalue weighted by atomic mass is 9.62. The molecule has 3 fully saturated rings. The van der Waals surface area contributed by atoms with Crippen LogP contribution in [0.15, 0.2) is 52.9 Å². The fraction of sp³-hybridized carbons (Fsp3) is 0.600. The standard InChI is InChI=1S/C40H51ClN4O6S/c1-26-6-4-8-35(50-3)32-12-9-29(32)20-44-24-40(15-5-7-27-16-30(41)11-13-33(27)40)25-51-36-14-10-28(17-34(36)44)37(46)42-52(48,21-26)43-38(47)45-22-39(23-45)18-31(19-39)49-2/h4,8,10-11,13-14,16-17,26,29,31-32,35H,5-7,9,12,15,18-25H2,1-3H3,(H,42,43,46,47,48)/b8-4+/t26-,29-,32+,35-,40-,52?/m0/s1. The van der Waals surface area contributed by atoms with Gasteiger partial charge in [-0.1, -0.05) is 36.7 Å². The van der Waals surface area contributed by atoms with Gasteiger partial charge in [0.15, 0.2) is 0 Å². The Morgan fingerprint density at radius 2 is 1.92 bits per heavy atom. The monoisotopic (exact) mass is 750 g/mol. The summed E-state index contributed by atoms with van der Waals surface area (Å²) in [6.07, 6.45) is 12.1. The zero-order valence-corrected chi connectivity index (χ0v) is 32.1. The van der Waals surface area contributed by atoms with E-state index in [2.05, 4.69) is 38.3 Å². The predicted molar refractivity (Wildman–Crippen MR) is 202 cm³/mol. The molecule has 3 aliphatic heterocycles. The molecule has 3 aliphatic carbocycles. The van der Waals surface area contributed by atoms with Crippen LogP contribution in [0.2, 0.25) is 5.02 Å². The van der Waals surface area contributed by atoms with Crippen molar-refractivity contribution >= 4 is 39.1 Å². The Hall–Kier alpha value is -3.12. The number of halogens is 1. The van der Waals surface area contributed by atoms with Crippen LogP contribution in [0.1, 0.15) is 73.4 Å². The van der Waals surface area contributed by atoms with Crippen LogP contribution in [-0.2, 0) is 31.2 Å². The second-order valence-electron chi connectivity index (χ2n) is 16.5. The number of hydrogen-bond acceptors (Lipinski definition) is 7. The number of hydrogen-bond donors (Lipinski definition) is 1. The number of carbonyl (C=O) groups is 2. The number of methoxy groups -OCH3 is 2. The number of amides is 3. The minimum absolute atomic E-state index is 0.0438. The van der Waals surface area contributed by atoms with E-state index in [1.165, 1.54) is 11.1 Å². The third-order valence-electron chi connectivity index (χ3n) is 12.8. The lowest BCUT2D eigenvalue weighted by molar-refractivity contribution is -0.124. The molecule has 2 saturated carbocycles. The molecule has 3 amide bonds. The molecule has 0 radical (unpaired) electrons. The summed E-state index contributed by atoms with van der Waals surface area (Å²) in [6.45, 7) is 5.19.